The van der Waals surface area contributed by atoms with E-state index in [1.54, 1.807) is 42.1 Å². The van der Waals surface area contributed by atoms with Crippen LogP contribution in [0.2, 0.25) is 0 Å². The van der Waals surface area contributed by atoms with Crippen molar-refractivity contribution in [3.8, 4) is 11.5 Å². The van der Waals surface area contributed by atoms with Gasteiger partial charge in [-0.15, -0.1) is 11.8 Å². The number of aryl methyl sites for hydroxylation is 1. The maximum atomic E-state index is 13.6. The molecular weight excluding hydrogens is 532 g/mol. The number of nitrogens with zero attached hydrogens (tertiary/aromatic N) is 1. The maximum absolute atomic E-state index is 13.6. The standard InChI is InChI=1S/C30H30N2O5S2/c1-22-18-23(21-38-25-10-6-4-7-11-25)14-16-27(22)31-30(33)20-32(39(34,35)26-12-8-5-9-13-26)24-15-17-28(36-2)29(19-24)37-3/h4-19H,20-21H2,1-3H3,(H,31,33). The number of anilines is 2. The van der Waals surface area contributed by atoms with Crippen molar-refractivity contribution in [1.82, 2.24) is 0 Å². The molecule has 0 aromatic heterocycles. The van der Waals surface area contributed by atoms with E-state index in [4.69, 9.17) is 9.47 Å². The number of benzene rings is 4. The van der Waals surface area contributed by atoms with Gasteiger partial charge in [0, 0.05) is 22.4 Å². The van der Waals surface area contributed by atoms with Gasteiger partial charge in [-0.1, -0.05) is 48.5 Å². The SMILES string of the molecule is COc1ccc(N(CC(=O)Nc2ccc(CSc3ccccc3)cc2C)S(=O)(=O)c2ccccc2)cc1OC. The Balaban J connectivity index is 1.55. The summed E-state index contributed by atoms with van der Waals surface area (Å²) in [7, 11) is -1.10. The first-order valence-corrected chi connectivity index (χ1v) is 14.6. The van der Waals surface area contributed by atoms with E-state index in [-0.39, 0.29) is 10.6 Å². The van der Waals surface area contributed by atoms with Gasteiger partial charge in [-0.3, -0.25) is 9.10 Å². The van der Waals surface area contributed by atoms with Crippen LogP contribution in [0.1, 0.15) is 11.1 Å². The van der Waals surface area contributed by atoms with Crippen molar-refractivity contribution < 1.29 is 22.7 Å². The van der Waals surface area contributed by atoms with Crippen molar-refractivity contribution in [2.24, 2.45) is 0 Å². The molecule has 202 valence electrons. The highest BCUT2D eigenvalue weighted by molar-refractivity contribution is 7.98. The number of hydrogen-bond acceptors (Lipinski definition) is 6. The third-order valence-electron chi connectivity index (χ3n) is 5.99. The van der Waals surface area contributed by atoms with Gasteiger partial charge in [-0.05, 0) is 60.5 Å². The predicted octanol–water partition coefficient (Wildman–Crippen LogP) is 6.14. The highest BCUT2D eigenvalue weighted by Crippen LogP contribution is 2.34. The van der Waals surface area contributed by atoms with Gasteiger partial charge in [0.2, 0.25) is 5.91 Å². The van der Waals surface area contributed by atoms with E-state index in [0.29, 0.717) is 17.2 Å². The molecule has 0 saturated heterocycles. The summed E-state index contributed by atoms with van der Waals surface area (Å²) in [6.45, 7) is 1.48. The molecule has 0 aliphatic carbocycles. The van der Waals surface area contributed by atoms with E-state index in [0.717, 1.165) is 21.2 Å². The molecule has 9 heteroatoms. The molecule has 0 aliphatic rings. The third kappa shape index (κ3) is 6.93. The molecule has 4 aromatic carbocycles. The average molecular weight is 563 g/mol. The molecular formula is C30H30N2O5S2. The van der Waals surface area contributed by atoms with E-state index in [2.05, 4.69) is 17.4 Å². The molecule has 7 nitrogen and oxygen atoms in total. The number of methoxy groups -OCH3 is 2. The van der Waals surface area contributed by atoms with Crippen LogP contribution < -0.4 is 19.1 Å². The fourth-order valence-electron chi connectivity index (χ4n) is 3.97. The van der Waals surface area contributed by atoms with Gasteiger partial charge in [-0.25, -0.2) is 8.42 Å². The van der Waals surface area contributed by atoms with Crippen LogP contribution >= 0.6 is 11.8 Å². The summed E-state index contributed by atoms with van der Waals surface area (Å²) >= 11 is 1.73. The zero-order valence-corrected chi connectivity index (χ0v) is 23.6. The Labute approximate surface area is 233 Å². The minimum Gasteiger partial charge on any atom is -0.493 e. The van der Waals surface area contributed by atoms with E-state index in [1.165, 1.54) is 37.3 Å². The Morgan fingerprint density at radius 2 is 1.51 bits per heavy atom. The van der Waals surface area contributed by atoms with Crippen molar-refractivity contribution in [3.63, 3.8) is 0 Å². The number of ether oxygens (including phenoxy) is 2. The molecule has 0 spiro atoms. The minimum absolute atomic E-state index is 0.0732. The minimum atomic E-state index is -4.06. The van der Waals surface area contributed by atoms with Crippen LogP contribution in [0.4, 0.5) is 11.4 Å². The van der Waals surface area contributed by atoms with Crippen LogP contribution in [0.15, 0.2) is 107 Å². The lowest BCUT2D eigenvalue weighted by molar-refractivity contribution is -0.114. The lowest BCUT2D eigenvalue weighted by atomic mass is 10.1. The molecule has 0 fully saturated rings. The van der Waals surface area contributed by atoms with Crippen molar-refractivity contribution in [1.29, 1.82) is 0 Å². The zero-order chi connectivity index (χ0) is 27.8. The molecule has 0 atom stereocenters. The summed E-state index contributed by atoms with van der Waals surface area (Å²) in [5.74, 6) is 1.12. The number of hydrogen-bond donors (Lipinski definition) is 1. The lowest BCUT2D eigenvalue weighted by Gasteiger charge is -2.25. The first kappa shape index (κ1) is 28.1. The summed E-state index contributed by atoms with van der Waals surface area (Å²) in [4.78, 5) is 14.5. The van der Waals surface area contributed by atoms with E-state index >= 15 is 0 Å². The molecule has 0 aliphatic heterocycles. The zero-order valence-electron chi connectivity index (χ0n) is 22.0. The van der Waals surface area contributed by atoms with Crippen LogP contribution in [-0.2, 0) is 20.6 Å². The van der Waals surface area contributed by atoms with Gasteiger partial charge in [0.1, 0.15) is 6.54 Å². The maximum Gasteiger partial charge on any atom is 0.264 e. The van der Waals surface area contributed by atoms with Crippen molar-refractivity contribution >= 4 is 39.1 Å². The Morgan fingerprint density at radius 1 is 0.846 bits per heavy atom. The average Bonchev–Trinajstić information content (AvgIpc) is 2.96. The van der Waals surface area contributed by atoms with Crippen LogP contribution in [0, 0.1) is 6.92 Å². The van der Waals surface area contributed by atoms with Gasteiger partial charge in [0.25, 0.3) is 10.0 Å². The molecule has 0 bridgehead atoms. The normalized spacial score (nSPS) is 11.1. The van der Waals surface area contributed by atoms with Crippen molar-refractivity contribution in [2.45, 2.75) is 22.5 Å². The second kappa shape index (κ2) is 12.7. The Morgan fingerprint density at radius 3 is 2.15 bits per heavy atom. The highest BCUT2D eigenvalue weighted by Gasteiger charge is 2.28. The molecule has 0 unspecified atom stereocenters. The molecule has 1 N–H and O–H groups in total. The number of amides is 1. The fourth-order valence-corrected chi connectivity index (χ4v) is 6.27. The summed E-state index contributed by atoms with van der Waals surface area (Å²) in [6.07, 6.45) is 0. The number of rotatable bonds is 11. The number of carbonyl (C=O) groups is 1. The monoisotopic (exact) mass is 562 g/mol. The Bertz CT molecular complexity index is 1530. The quantitative estimate of drug-likeness (QED) is 0.221. The van der Waals surface area contributed by atoms with Gasteiger partial charge in [0.05, 0.1) is 24.8 Å². The molecule has 0 radical (unpaired) electrons. The number of nitrogens with one attached hydrogen (secondary N) is 1. The number of carbonyl (C=O) groups excluding carboxylic acids is 1. The highest BCUT2D eigenvalue weighted by atomic mass is 32.2. The first-order chi connectivity index (χ1) is 18.8. The first-order valence-electron chi connectivity index (χ1n) is 12.2. The van der Waals surface area contributed by atoms with E-state index in [9.17, 15) is 13.2 Å². The number of thioether (sulfide) groups is 1. The van der Waals surface area contributed by atoms with Gasteiger partial charge < -0.3 is 14.8 Å². The fraction of sp³-hybridized carbons (Fsp3) is 0.167. The van der Waals surface area contributed by atoms with Crippen molar-refractivity contribution in [3.05, 3.63) is 108 Å². The summed E-state index contributed by atoms with van der Waals surface area (Å²) in [6, 6.07) is 28.7. The van der Waals surface area contributed by atoms with E-state index < -0.39 is 22.5 Å². The van der Waals surface area contributed by atoms with Gasteiger partial charge >= 0.3 is 0 Å². The third-order valence-corrected chi connectivity index (χ3v) is 8.86. The second-order valence-electron chi connectivity index (χ2n) is 8.66. The molecule has 4 aromatic rings. The van der Waals surface area contributed by atoms with Gasteiger partial charge in [-0.2, -0.15) is 0 Å². The summed E-state index contributed by atoms with van der Waals surface area (Å²) < 4.78 is 39.0. The smallest absolute Gasteiger partial charge is 0.264 e. The molecule has 4 rings (SSSR count). The van der Waals surface area contributed by atoms with Crippen molar-refractivity contribution in [2.75, 3.05) is 30.4 Å². The molecule has 1 amide bonds. The van der Waals surface area contributed by atoms with E-state index in [1.807, 2.05) is 43.3 Å². The number of sulfonamides is 1. The second-order valence-corrected chi connectivity index (χ2v) is 11.6. The van der Waals surface area contributed by atoms with Crippen LogP contribution in [0.3, 0.4) is 0 Å². The largest absolute Gasteiger partial charge is 0.493 e. The topological polar surface area (TPSA) is 84.9 Å². The van der Waals surface area contributed by atoms with Crippen LogP contribution in [0.25, 0.3) is 0 Å². The Hall–Kier alpha value is -3.95. The molecule has 39 heavy (non-hydrogen) atoms. The summed E-state index contributed by atoms with van der Waals surface area (Å²) in [5.41, 5.74) is 2.91. The van der Waals surface area contributed by atoms with Crippen LogP contribution in [0.5, 0.6) is 11.5 Å². The Kier molecular flexibility index (Phi) is 9.16. The predicted molar refractivity (Wildman–Crippen MR) is 156 cm³/mol. The van der Waals surface area contributed by atoms with Crippen LogP contribution in [-0.4, -0.2) is 35.1 Å². The lowest BCUT2D eigenvalue weighted by Crippen LogP contribution is -2.38. The van der Waals surface area contributed by atoms with Gasteiger partial charge in [0.15, 0.2) is 11.5 Å². The molecule has 0 heterocycles. The summed E-state index contributed by atoms with van der Waals surface area (Å²) in [5, 5.41) is 2.88. The molecule has 0 saturated carbocycles.